The zero-order valence-electron chi connectivity index (χ0n) is 10.5. The van der Waals surface area contributed by atoms with Gasteiger partial charge in [-0.05, 0) is 26.2 Å². The van der Waals surface area contributed by atoms with E-state index in [1.165, 1.54) is 0 Å². The molecule has 2 unspecified atom stereocenters. The van der Waals surface area contributed by atoms with Gasteiger partial charge in [0.25, 0.3) is 0 Å². The summed E-state index contributed by atoms with van der Waals surface area (Å²) >= 11 is 5.45. The molecule has 82 valence electrons. The molecule has 0 N–H and O–H groups in total. The average Bonchev–Trinajstić information content (AvgIpc) is 1.93. The van der Waals surface area contributed by atoms with Crippen LogP contribution in [0.5, 0.6) is 0 Å². The van der Waals surface area contributed by atoms with Crippen molar-refractivity contribution >= 4 is 17.2 Å². The Morgan fingerprint density at radius 2 is 1.50 bits per heavy atom. The minimum Gasteiger partial charge on any atom is -0.357 e. The molecule has 2 atom stereocenters. The highest BCUT2D eigenvalue weighted by molar-refractivity contribution is 7.80. The van der Waals surface area contributed by atoms with Gasteiger partial charge >= 0.3 is 0 Å². The van der Waals surface area contributed by atoms with Crippen LogP contribution in [0.2, 0.25) is 0 Å². The Balaban J connectivity index is 2.92. The van der Waals surface area contributed by atoms with Crippen LogP contribution >= 0.6 is 12.2 Å². The van der Waals surface area contributed by atoms with Crippen LogP contribution < -0.4 is 0 Å². The number of nitrogens with zero attached hydrogens (tertiary/aromatic N) is 1. The van der Waals surface area contributed by atoms with Crippen molar-refractivity contribution in [1.82, 2.24) is 4.90 Å². The topological polar surface area (TPSA) is 3.24 Å². The molecule has 0 aromatic heterocycles. The van der Waals surface area contributed by atoms with E-state index in [0.717, 1.165) is 4.99 Å². The van der Waals surface area contributed by atoms with Crippen LogP contribution in [0.4, 0.5) is 0 Å². The molecule has 0 amide bonds. The molecule has 0 aliphatic carbocycles. The van der Waals surface area contributed by atoms with Gasteiger partial charge in [0.05, 0.1) is 4.99 Å². The first-order valence-corrected chi connectivity index (χ1v) is 5.81. The van der Waals surface area contributed by atoms with Crippen LogP contribution in [-0.2, 0) is 0 Å². The SMILES string of the molecule is CC1C(=S)N(C(C)(C)C)C1C(C)(C)C. The minimum atomic E-state index is 0.168. The quantitative estimate of drug-likeness (QED) is 0.567. The van der Waals surface area contributed by atoms with Gasteiger partial charge in [0.2, 0.25) is 0 Å². The lowest BCUT2D eigenvalue weighted by atomic mass is 9.70. The van der Waals surface area contributed by atoms with E-state index in [1.807, 2.05) is 0 Å². The Kier molecular flexibility index (Phi) is 2.73. The largest absolute Gasteiger partial charge is 0.357 e. The van der Waals surface area contributed by atoms with Crippen LogP contribution in [-0.4, -0.2) is 21.5 Å². The Morgan fingerprint density at radius 1 is 1.07 bits per heavy atom. The van der Waals surface area contributed by atoms with Gasteiger partial charge in [-0.2, -0.15) is 0 Å². The second kappa shape index (κ2) is 3.19. The number of thiocarbonyl (C=S) groups is 1. The maximum atomic E-state index is 5.45. The van der Waals surface area contributed by atoms with Gasteiger partial charge in [-0.25, -0.2) is 0 Å². The molecule has 0 saturated carbocycles. The molecule has 1 heterocycles. The summed E-state index contributed by atoms with van der Waals surface area (Å²) in [6.45, 7) is 15.9. The fraction of sp³-hybridized carbons (Fsp3) is 0.917. The molecule has 0 aromatic carbocycles. The molecule has 2 heteroatoms. The van der Waals surface area contributed by atoms with Crippen molar-refractivity contribution in [2.45, 2.75) is 60.0 Å². The summed E-state index contributed by atoms with van der Waals surface area (Å²) in [4.78, 5) is 3.55. The van der Waals surface area contributed by atoms with Crippen molar-refractivity contribution < 1.29 is 0 Å². The molecule has 0 spiro atoms. The van der Waals surface area contributed by atoms with Crippen molar-refractivity contribution in [3.63, 3.8) is 0 Å². The highest BCUT2D eigenvalue weighted by Gasteiger charge is 2.50. The Morgan fingerprint density at radius 3 is 1.71 bits per heavy atom. The maximum absolute atomic E-state index is 5.45. The van der Waals surface area contributed by atoms with E-state index in [0.29, 0.717) is 17.4 Å². The lowest BCUT2D eigenvalue weighted by Gasteiger charge is -2.60. The first-order valence-electron chi connectivity index (χ1n) is 5.40. The van der Waals surface area contributed by atoms with E-state index >= 15 is 0 Å². The van der Waals surface area contributed by atoms with Gasteiger partial charge < -0.3 is 4.90 Å². The van der Waals surface area contributed by atoms with Gasteiger partial charge in [-0.1, -0.05) is 39.9 Å². The van der Waals surface area contributed by atoms with E-state index in [-0.39, 0.29) is 5.54 Å². The summed E-state index contributed by atoms with van der Waals surface area (Å²) in [6, 6.07) is 0.593. The number of hydrogen-bond acceptors (Lipinski definition) is 1. The van der Waals surface area contributed by atoms with E-state index in [9.17, 15) is 0 Å². The fourth-order valence-corrected chi connectivity index (χ4v) is 3.03. The van der Waals surface area contributed by atoms with Gasteiger partial charge in [0, 0.05) is 17.5 Å². The van der Waals surface area contributed by atoms with Crippen LogP contribution in [0, 0.1) is 11.3 Å². The van der Waals surface area contributed by atoms with Crippen LogP contribution in [0.25, 0.3) is 0 Å². The molecule has 0 bridgehead atoms. The highest BCUT2D eigenvalue weighted by atomic mass is 32.1. The van der Waals surface area contributed by atoms with Gasteiger partial charge in [-0.3, -0.25) is 0 Å². The maximum Gasteiger partial charge on any atom is 0.0836 e. The number of hydrogen-bond donors (Lipinski definition) is 0. The molecule has 1 nitrogen and oxygen atoms in total. The second-order valence-corrected chi connectivity index (χ2v) is 6.90. The molecule has 14 heavy (non-hydrogen) atoms. The van der Waals surface area contributed by atoms with Gasteiger partial charge in [-0.15, -0.1) is 0 Å². The minimum absolute atomic E-state index is 0.168. The fourth-order valence-electron chi connectivity index (χ4n) is 2.52. The number of rotatable bonds is 0. The van der Waals surface area contributed by atoms with Crippen LogP contribution in [0.3, 0.4) is 0 Å². The molecular weight excluding hydrogens is 190 g/mol. The third-order valence-electron chi connectivity index (χ3n) is 2.99. The molecule has 0 aromatic rings. The zero-order valence-corrected chi connectivity index (χ0v) is 11.3. The first-order chi connectivity index (χ1) is 6.07. The predicted molar refractivity (Wildman–Crippen MR) is 66.6 cm³/mol. The van der Waals surface area contributed by atoms with Crippen LogP contribution in [0.15, 0.2) is 0 Å². The summed E-state index contributed by atoms with van der Waals surface area (Å²) in [5, 5.41) is 0. The highest BCUT2D eigenvalue weighted by Crippen LogP contribution is 2.43. The van der Waals surface area contributed by atoms with Gasteiger partial charge in [0.1, 0.15) is 0 Å². The second-order valence-electron chi connectivity index (χ2n) is 6.48. The zero-order chi connectivity index (χ0) is 11.3. The van der Waals surface area contributed by atoms with E-state index < -0.39 is 0 Å². The molecule has 1 aliphatic heterocycles. The van der Waals surface area contributed by atoms with Crippen molar-refractivity contribution in [3.05, 3.63) is 0 Å². The Bertz CT molecular complexity index is 244. The Hall–Kier alpha value is -0.110. The van der Waals surface area contributed by atoms with Gasteiger partial charge in [0.15, 0.2) is 0 Å². The smallest absolute Gasteiger partial charge is 0.0836 e. The third-order valence-corrected chi connectivity index (χ3v) is 3.56. The summed E-state index contributed by atoms with van der Waals surface area (Å²) in [7, 11) is 0. The van der Waals surface area contributed by atoms with Crippen LogP contribution in [0.1, 0.15) is 48.5 Å². The molecule has 1 rings (SSSR count). The van der Waals surface area contributed by atoms with E-state index in [4.69, 9.17) is 12.2 Å². The molecule has 1 saturated heterocycles. The van der Waals surface area contributed by atoms with Crippen molar-refractivity contribution in [1.29, 1.82) is 0 Å². The summed E-state index contributed by atoms with van der Waals surface area (Å²) in [6.07, 6.45) is 0. The number of likely N-dealkylation sites (tertiary alicyclic amines) is 1. The standard InChI is InChI=1S/C12H23NS/c1-8-9(11(2,3)4)13(10(8)14)12(5,6)7/h8-9H,1-7H3. The monoisotopic (exact) mass is 213 g/mol. The normalized spacial score (nSPS) is 29.1. The van der Waals surface area contributed by atoms with Crippen molar-refractivity contribution in [2.75, 3.05) is 0 Å². The Labute approximate surface area is 93.9 Å². The first kappa shape index (κ1) is 12.0. The molecule has 1 fully saturated rings. The summed E-state index contributed by atoms with van der Waals surface area (Å²) in [5.41, 5.74) is 0.483. The van der Waals surface area contributed by atoms with Crippen molar-refractivity contribution in [2.24, 2.45) is 11.3 Å². The molecule has 0 radical (unpaired) electrons. The van der Waals surface area contributed by atoms with E-state index in [1.54, 1.807) is 0 Å². The lowest BCUT2D eigenvalue weighted by molar-refractivity contribution is 0.0201. The summed E-state index contributed by atoms with van der Waals surface area (Å²) < 4.78 is 0. The lowest BCUT2D eigenvalue weighted by Crippen LogP contribution is -2.69. The average molecular weight is 213 g/mol. The molecule has 1 aliphatic rings. The predicted octanol–water partition coefficient (Wildman–Crippen LogP) is 3.48. The molecular formula is C12H23NS. The third kappa shape index (κ3) is 1.81. The van der Waals surface area contributed by atoms with E-state index in [2.05, 4.69) is 53.4 Å². The van der Waals surface area contributed by atoms with Crippen molar-refractivity contribution in [3.8, 4) is 0 Å². The summed E-state index contributed by atoms with van der Waals surface area (Å²) in [5.74, 6) is 0.559.